The molecule has 2 saturated heterocycles. The van der Waals surface area contributed by atoms with Gasteiger partial charge in [0.05, 0.1) is 5.56 Å². The lowest BCUT2D eigenvalue weighted by molar-refractivity contribution is -0.183. The molecule has 30 heavy (non-hydrogen) atoms. The summed E-state index contributed by atoms with van der Waals surface area (Å²) in [5, 5.41) is 5.47. The Labute approximate surface area is 187 Å². The fourth-order valence-electron chi connectivity index (χ4n) is 3.68. The number of anilines is 1. The highest BCUT2D eigenvalue weighted by Gasteiger charge is 2.43. The average Bonchev–Trinajstić information content (AvgIpc) is 2.68. The molecule has 0 radical (unpaired) electrons. The fourth-order valence-corrected chi connectivity index (χ4v) is 3.68. The molecule has 0 aliphatic carbocycles. The number of piperazine rings is 1. The number of piperidine rings is 1. The van der Waals surface area contributed by atoms with E-state index in [1.807, 2.05) is 0 Å². The van der Waals surface area contributed by atoms with Crippen molar-refractivity contribution < 1.29 is 18.0 Å². The minimum atomic E-state index is -4.39. The van der Waals surface area contributed by atoms with Crippen LogP contribution in [0.3, 0.4) is 0 Å². The van der Waals surface area contributed by atoms with Crippen LogP contribution in [0.2, 0.25) is 0 Å². The van der Waals surface area contributed by atoms with Gasteiger partial charge in [0, 0.05) is 52.0 Å². The highest BCUT2D eigenvalue weighted by Crippen LogP contribution is 2.25. The van der Waals surface area contributed by atoms with Crippen molar-refractivity contribution in [2.75, 3.05) is 50.7 Å². The van der Waals surface area contributed by atoms with Crippen LogP contribution in [0.4, 0.5) is 19.0 Å². The molecule has 2 N–H and O–H groups in total. The zero-order chi connectivity index (χ0) is 20.1. The van der Waals surface area contributed by atoms with Gasteiger partial charge in [0.2, 0.25) is 0 Å². The Balaban J connectivity index is 0.00000225. The summed E-state index contributed by atoms with van der Waals surface area (Å²) in [6.45, 7) is 5.27. The summed E-state index contributed by atoms with van der Waals surface area (Å²) in [5.74, 6) is 0.978. The van der Waals surface area contributed by atoms with E-state index in [0.29, 0.717) is 32.1 Å². The van der Waals surface area contributed by atoms with Gasteiger partial charge in [-0.05, 0) is 30.9 Å². The first-order valence-corrected chi connectivity index (χ1v) is 9.85. The number of amides is 1. The third-order valence-corrected chi connectivity index (χ3v) is 5.54. The van der Waals surface area contributed by atoms with Crippen LogP contribution in [0.1, 0.15) is 30.1 Å². The van der Waals surface area contributed by atoms with Gasteiger partial charge in [-0.2, -0.15) is 13.2 Å². The summed E-state index contributed by atoms with van der Waals surface area (Å²) in [6.07, 6.45) is -0.738. The van der Waals surface area contributed by atoms with Gasteiger partial charge in [-0.3, -0.25) is 9.69 Å². The molecule has 3 heterocycles. The second-order valence-electron chi connectivity index (χ2n) is 7.63. The first-order valence-electron chi connectivity index (χ1n) is 9.85. The summed E-state index contributed by atoms with van der Waals surface area (Å²) in [5.41, 5.74) is 0.273. The third-order valence-electron chi connectivity index (χ3n) is 5.54. The number of pyridine rings is 1. The number of carbonyl (C=O) groups excluding carboxylic acids is 1. The molecule has 2 aliphatic rings. The maximum Gasteiger partial charge on any atom is 0.405 e. The van der Waals surface area contributed by atoms with E-state index in [9.17, 15) is 18.0 Å². The number of rotatable bonds is 5. The second-order valence-corrected chi connectivity index (χ2v) is 7.63. The number of alkyl halides is 3. The normalized spacial score (nSPS) is 19.4. The van der Waals surface area contributed by atoms with Crippen molar-refractivity contribution in [3.63, 3.8) is 0 Å². The van der Waals surface area contributed by atoms with Gasteiger partial charge >= 0.3 is 6.18 Å². The van der Waals surface area contributed by atoms with Crippen molar-refractivity contribution >= 4 is 36.5 Å². The Morgan fingerprint density at radius 1 is 1.20 bits per heavy atom. The van der Waals surface area contributed by atoms with Crippen LogP contribution in [0, 0.1) is 5.92 Å². The Hall–Kier alpha value is -1.29. The first kappa shape index (κ1) is 26.7. The molecule has 0 saturated carbocycles. The molecule has 0 aromatic carbocycles. The van der Waals surface area contributed by atoms with Gasteiger partial charge in [-0.1, -0.05) is 6.92 Å². The van der Waals surface area contributed by atoms with Crippen molar-refractivity contribution in [3.05, 3.63) is 23.9 Å². The van der Waals surface area contributed by atoms with Crippen molar-refractivity contribution in [2.24, 2.45) is 5.92 Å². The number of hydrogen-bond donors (Lipinski definition) is 2. The molecule has 1 amide bonds. The molecule has 3 rings (SSSR count). The molecule has 11 heteroatoms. The van der Waals surface area contributed by atoms with E-state index in [4.69, 9.17) is 0 Å². The highest BCUT2D eigenvalue weighted by atomic mass is 35.5. The molecule has 6 nitrogen and oxygen atoms in total. The van der Waals surface area contributed by atoms with Crippen LogP contribution < -0.4 is 15.5 Å². The molecule has 1 unspecified atom stereocenters. The average molecular weight is 472 g/mol. The van der Waals surface area contributed by atoms with E-state index >= 15 is 0 Å². The lowest BCUT2D eigenvalue weighted by atomic mass is 9.99. The monoisotopic (exact) mass is 471 g/mol. The Kier molecular flexibility index (Phi) is 10.6. The standard InChI is InChI=1S/C19H28F3N5O.2ClH/c1-14-4-8-27(9-5-14)17-3-2-15(12-24-17)18(28)25-13-16(19(20,21)22)26-10-6-23-7-11-26;;/h2-3,12,14,16,23H,4-11,13H2,1H3,(H,25,28);2*1H. The number of halogens is 5. The van der Waals surface area contributed by atoms with Crippen LogP contribution in [-0.2, 0) is 0 Å². The molecule has 1 aromatic rings. The molecular formula is C19H30Cl2F3N5O. The number of nitrogens with zero attached hydrogens (tertiary/aromatic N) is 3. The zero-order valence-corrected chi connectivity index (χ0v) is 18.6. The maximum atomic E-state index is 13.4. The Bertz CT molecular complexity index is 649. The molecule has 2 fully saturated rings. The van der Waals surface area contributed by atoms with Gasteiger partial charge in [0.1, 0.15) is 11.9 Å². The summed E-state index contributed by atoms with van der Waals surface area (Å²) in [7, 11) is 0. The molecule has 1 atom stereocenters. The summed E-state index contributed by atoms with van der Waals surface area (Å²) in [4.78, 5) is 20.2. The van der Waals surface area contributed by atoms with E-state index in [0.717, 1.165) is 31.7 Å². The second kappa shape index (κ2) is 11.9. The van der Waals surface area contributed by atoms with Crippen LogP contribution >= 0.6 is 24.8 Å². The van der Waals surface area contributed by atoms with E-state index < -0.39 is 24.7 Å². The number of carbonyl (C=O) groups is 1. The van der Waals surface area contributed by atoms with Crippen molar-refractivity contribution in [2.45, 2.75) is 32.0 Å². The Morgan fingerprint density at radius 2 is 1.83 bits per heavy atom. The summed E-state index contributed by atoms with van der Waals surface area (Å²) in [6, 6.07) is 1.71. The minimum Gasteiger partial charge on any atom is -0.357 e. The molecule has 0 spiro atoms. The molecule has 2 aliphatic heterocycles. The number of hydrogen-bond acceptors (Lipinski definition) is 5. The van der Waals surface area contributed by atoms with Crippen molar-refractivity contribution in [1.82, 2.24) is 20.5 Å². The number of nitrogens with one attached hydrogen (secondary N) is 2. The van der Waals surface area contributed by atoms with Gasteiger partial charge in [0.15, 0.2) is 0 Å². The molecule has 172 valence electrons. The van der Waals surface area contributed by atoms with Crippen molar-refractivity contribution in [1.29, 1.82) is 0 Å². The predicted molar refractivity (Wildman–Crippen MR) is 116 cm³/mol. The predicted octanol–water partition coefficient (Wildman–Crippen LogP) is 2.73. The third kappa shape index (κ3) is 7.14. The van der Waals surface area contributed by atoms with E-state index in [-0.39, 0.29) is 30.4 Å². The topological polar surface area (TPSA) is 60.5 Å². The van der Waals surface area contributed by atoms with Gasteiger partial charge in [-0.15, -0.1) is 24.8 Å². The smallest absolute Gasteiger partial charge is 0.357 e. The zero-order valence-electron chi connectivity index (χ0n) is 17.0. The summed E-state index contributed by atoms with van der Waals surface area (Å²) < 4.78 is 40.2. The van der Waals surface area contributed by atoms with Crippen LogP contribution in [0.5, 0.6) is 0 Å². The lowest BCUT2D eigenvalue weighted by Crippen LogP contribution is -2.57. The lowest BCUT2D eigenvalue weighted by Gasteiger charge is -2.35. The van der Waals surface area contributed by atoms with E-state index in [1.165, 1.54) is 11.1 Å². The fraction of sp³-hybridized carbons (Fsp3) is 0.684. The van der Waals surface area contributed by atoms with E-state index in [1.54, 1.807) is 12.1 Å². The maximum absolute atomic E-state index is 13.4. The van der Waals surface area contributed by atoms with Crippen LogP contribution in [-0.4, -0.2) is 73.8 Å². The molecular weight excluding hydrogens is 442 g/mol. The van der Waals surface area contributed by atoms with E-state index in [2.05, 4.69) is 27.4 Å². The van der Waals surface area contributed by atoms with Gasteiger partial charge in [0.25, 0.3) is 5.91 Å². The van der Waals surface area contributed by atoms with Gasteiger partial charge < -0.3 is 15.5 Å². The minimum absolute atomic E-state index is 0. The van der Waals surface area contributed by atoms with Crippen molar-refractivity contribution in [3.8, 4) is 0 Å². The van der Waals surface area contributed by atoms with Crippen LogP contribution in [0.25, 0.3) is 0 Å². The number of aromatic nitrogens is 1. The molecule has 1 aromatic heterocycles. The summed E-state index contributed by atoms with van der Waals surface area (Å²) >= 11 is 0. The van der Waals surface area contributed by atoms with Gasteiger partial charge in [-0.25, -0.2) is 4.98 Å². The SMILES string of the molecule is CC1CCN(c2ccc(C(=O)NCC(N3CCNCC3)C(F)(F)F)cn2)CC1.Cl.Cl. The molecule has 0 bridgehead atoms. The Morgan fingerprint density at radius 3 is 2.37 bits per heavy atom. The largest absolute Gasteiger partial charge is 0.405 e. The first-order chi connectivity index (χ1) is 13.3. The quantitative estimate of drug-likeness (QED) is 0.691. The van der Waals surface area contributed by atoms with Crippen LogP contribution in [0.15, 0.2) is 18.3 Å². The highest BCUT2D eigenvalue weighted by molar-refractivity contribution is 5.94.